The van der Waals surface area contributed by atoms with Gasteiger partial charge in [0.25, 0.3) is 0 Å². The Hall–Kier alpha value is -3.56. The number of amides is 1. The molecule has 3 aromatic rings. The number of carbonyl (C=O) groups is 1. The summed E-state index contributed by atoms with van der Waals surface area (Å²) in [5, 5.41) is 21.2. The molecular weight excluding hydrogens is 326 g/mol. The van der Waals surface area contributed by atoms with E-state index in [0.29, 0.717) is 0 Å². The number of rotatable bonds is 6. The van der Waals surface area contributed by atoms with E-state index in [2.05, 4.69) is 20.5 Å². The van der Waals surface area contributed by atoms with Crippen molar-refractivity contribution >= 4 is 11.7 Å². The number of aromatic nitrogens is 5. The van der Waals surface area contributed by atoms with Crippen molar-refractivity contribution in [3.05, 3.63) is 64.9 Å². The van der Waals surface area contributed by atoms with Gasteiger partial charge in [0.1, 0.15) is 19.2 Å². The summed E-state index contributed by atoms with van der Waals surface area (Å²) >= 11 is 0. The molecule has 1 amide bonds. The molecule has 1 atom stereocenters. The lowest BCUT2D eigenvalue weighted by Crippen LogP contribution is -2.30. The summed E-state index contributed by atoms with van der Waals surface area (Å²) in [4.78, 5) is 25.9. The van der Waals surface area contributed by atoms with E-state index >= 15 is 0 Å². The summed E-state index contributed by atoms with van der Waals surface area (Å²) < 4.78 is 2.87. The second kappa shape index (κ2) is 6.91. The summed E-state index contributed by atoms with van der Waals surface area (Å²) in [6.45, 7) is 1.77. The number of hydrogen-bond acceptors (Lipinski definition) is 6. The molecular formula is C15H15N7O3. The smallest absolute Gasteiger partial charge is 0.358 e. The highest BCUT2D eigenvalue weighted by atomic mass is 16.6. The lowest BCUT2D eigenvalue weighted by atomic mass is 10.1. The van der Waals surface area contributed by atoms with Crippen molar-refractivity contribution in [2.75, 3.05) is 0 Å². The normalized spacial score (nSPS) is 11.9. The minimum Gasteiger partial charge on any atom is -0.358 e. The van der Waals surface area contributed by atoms with Crippen LogP contribution in [0.4, 0.5) is 5.82 Å². The average molecular weight is 341 g/mol. The van der Waals surface area contributed by atoms with E-state index in [1.165, 1.54) is 23.3 Å². The second-order valence-corrected chi connectivity index (χ2v) is 5.35. The minimum atomic E-state index is -0.603. The Balaban J connectivity index is 1.60. The monoisotopic (exact) mass is 341 g/mol. The van der Waals surface area contributed by atoms with Crippen LogP contribution in [0.25, 0.3) is 5.69 Å². The molecule has 3 rings (SSSR count). The lowest BCUT2D eigenvalue weighted by molar-refractivity contribution is -0.389. The Morgan fingerprint density at radius 3 is 2.68 bits per heavy atom. The molecule has 0 aliphatic rings. The first kappa shape index (κ1) is 16.3. The zero-order valence-electron chi connectivity index (χ0n) is 13.3. The standard InChI is InChI=1S/C15H15N7O3/c1-11(12-2-4-13(5-3-12)21-10-16-9-17-21)18-15(23)8-20-7-6-14(19-20)22(24)25/h2-7,9-11H,8H2,1H3,(H,18,23). The van der Waals surface area contributed by atoms with Gasteiger partial charge in [-0.3, -0.25) is 4.79 Å². The maximum absolute atomic E-state index is 12.1. The molecule has 0 bridgehead atoms. The van der Waals surface area contributed by atoms with Crippen molar-refractivity contribution < 1.29 is 9.72 Å². The SMILES string of the molecule is CC(NC(=O)Cn1ccc([N+](=O)[O-])n1)c1ccc(-n2cncn2)cc1. The molecule has 25 heavy (non-hydrogen) atoms. The van der Waals surface area contributed by atoms with Crippen LogP contribution in [0.1, 0.15) is 18.5 Å². The number of nitro groups is 1. The van der Waals surface area contributed by atoms with E-state index in [0.717, 1.165) is 11.3 Å². The van der Waals surface area contributed by atoms with Gasteiger partial charge in [0, 0.05) is 0 Å². The third-order valence-corrected chi connectivity index (χ3v) is 3.57. The number of hydrogen-bond donors (Lipinski definition) is 1. The molecule has 128 valence electrons. The number of benzene rings is 1. The summed E-state index contributed by atoms with van der Waals surface area (Å²) in [7, 11) is 0. The molecule has 0 aliphatic carbocycles. The molecule has 0 aliphatic heterocycles. The predicted molar refractivity (Wildman–Crippen MR) is 86.8 cm³/mol. The summed E-state index contributed by atoms with van der Waals surface area (Å²) in [6, 6.07) is 8.57. The Morgan fingerprint density at radius 2 is 2.08 bits per heavy atom. The van der Waals surface area contributed by atoms with Gasteiger partial charge < -0.3 is 15.4 Å². The van der Waals surface area contributed by atoms with Crippen LogP contribution in [0, 0.1) is 10.1 Å². The number of carbonyl (C=O) groups excluding carboxylic acids is 1. The zero-order valence-corrected chi connectivity index (χ0v) is 13.3. The van der Waals surface area contributed by atoms with Crippen molar-refractivity contribution in [1.29, 1.82) is 0 Å². The highest BCUT2D eigenvalue weighted by Crippen LogP contribution is 2.15. The average Bonchev–Trinajstić information content (AvgIpc) is 3.26. The van der Waals surface area contributed by atoms with Crippen molar-refractivity contribution in [3.8, 4) is 5.69 Å². The fraction of sp³-hybridized carbons (Fsp3) is 0.200. The molecule has 0 spiro atoms. The molecule has 0 saturated carbocycles. The van der Waals surface area contributed by atoms with Gasteiger partial charge in [0.15, 0.2) is 0 Å². The van der Waals surface area contributed by atoms with Crippen LogP contribution in [-0.2, 0) is 11.3 Å². The molecule has 10 heteroatoms. The van der Waals surface area contributed by atoms with E-state index in [1.807, 2.05) is 31.2 Å². The highest BCUT2D eigenvalue weighted by molar-refractivity contribution is 5.76. The first-order chi connectivity index (χ1) is 12.0. The number of nitrogens with zero attached hydrogens (tertiary/aromatic N) is 6. The third kappa shape index (κ3) is 3.86. The van der Waals surface area contributed by atoms with E-state index < -0.39 is 4.92 Å². The summed E-state index contributed by atoms with van der Waals surface area (Å²) in [5.41, 5.74) is 1.78. The molecule has 0 saturated heterocycles. The Morgan fingerprint density at radius 1 is 1.32 bits per heavy atom. The molecule has 10 nitrogen and oxygen atoms in total. The zero-order chi connectivity index (χ0) is 17.8. The van der Waals surface area contributed by atoms with Crippen LogP contribution in [-0.4, -0.2) is 35.4 Å². The predicted octanol–water partition coefficient (Wildman–Crippen LogP) is 1.25. The molecule has 0 fully saturated rings. The first-order valence-electron chi connectivity index (χ1n) is 7.45. The lowest BCUT2D eigenvalue weighted by Gasteiger charge is -2.14. The molecule has 2 heterocycles. The topological polar surface area (TPSA) is 121 Å². The van der Waals surface area contributed by atoms with E-state index in [1.54, 1.807) is 11.0 Å². The van der Waals surface area contributed by atoms with Crippen molar-refractivity contribution in [2.45, 2.75) is 19.5 Å². The van der Waals surface area contributed by atoms with Gasteiger partial charge >= 0.3 is 5.82 Å². The first-order valence-corrected chi connectivity index (χ1v) is 7.45. The summed E-state index contributed by atoms with van der Waals surface area (Å²) in [6.07, 6.45) is 4.45. The number of nitrogens with one attached hydrogen (secondary N) is 1. The molecule has 2 aromatic heterocycles. The largest absolute Gasteiger partial charge is 0.389 e. The van der Waals surface area contributed by atoms with Crippen LogP contribution >= 0.6 is 0 Å². The fourth-order valence-corrected chi connectivity index (χ4v) is 2.31. The van der Waals surface area contributed by atoms with Gasteiger partial charge in [-0.05, 0) is 29.5 Å². The molecule has 0 radical (unpaired) electrons. The molecule has 1 unspecified atom stereocenters. The van der Waals surface area contributed by atoms with Crippen molar-refractivity contribution in [1.82, 2.24) is 29.9 Å². The highest BCUT2D eigenvalue weighted by Gasteiger charge is 2.15. The van der Waals surface area contributed by atoms with Gasteiger partial charge in [-0.2, -0.15) is 9.78 Å². The van der Waals surface area contributed by atoms with Gasteiger partial charge in [-0.25, -0.2) is 9.67 Å². The minimum absolute atomic E-state index is 0.0881. The van der Waals surface area contributed by atoms with E-state index in [-0.39, 0.29) is 24.3 Å². The van der Waals surface area contributed by atoms with E-state index in [9.17, 15) is 14.9 Å². The van der Waals surface area contributed by atoms with Crippen LogP contribution in [0.2, 0.25) is 0 Å². The van der Waals surface area contributed by atoms with Crippen LogP contribution in [0.3, 0.4) is 0 Å². The van der Waals surface area contributed by atoms with Gasteiger partial charge in [0.05, 0.1) is 29.1 Å². The van der Waals surface area contributed by atoms with Crippen molar-refractivity contribution in [3.63, 3.8) is 0 Å². The van der Waals surface area contributed by atoms with Gasteiger partial charge in [-0.1, -0.05) is 12.1 Å². The Kier molecular flexibility index (Phi) is 4.50. The third-order valence-electron chi connectivity index (χ3n) is 3.57. The molecule has 1 N–H and O–H groups in total. The van der Waals surface area contributed by atoms with Crippen LogP contribution in [0.5, 0.6) is 0 Å². The Bertz CT molecular complexity index is 871. The maximum atomic E-state index is 12.1. The van der Waals surface area contributed by atoms with E-state index in [4.69, 9.17) is 0 Å². The second-order valence-electron chi connectivity index (χ2n) is 5.35. The van der Waals surface area contributed by atoms with Crippen LogP contribution < -0.4 is 5.32 Å². The fourth-order valence-electron chi connectivity index (χ4n) is 2.31. The quantitative estimate of drug-likeness (QED) is 0.532. The van der Waals surface area contributed by atoms with Crippen molar-refractivity contribution in [2.24, 2.45) is 0 Å². The maximum Gasteiger partial charge on any atom is 0.389 e. The molecule has 1 aromatic carbocycles. The van der Waals surface area contributed by atoms with Crippen LogP contribution in [0.15, 0.2) is 49.2 Å². The summed E-state index contributed by atoms with van der Waals surface area (Å²) in [5.74, 6) is -0.574. The van der Waals surface area contributed by atoms with Gasteiger partial charge in [0.2, 0.25) is 5.91 Å². The van der Waals surface area contributed by atoms with Gasteiger partial charge in [-0.15, -0.1) is 0 Å². The Labute approximate surface area is 142 Å².